The number of nitrogens with one attached hydrogen (secondary N) is 1. The number of rotatable bonds is 8. The maximum Gasteiger partial charge on any atom is 0.416 e. The predicted molar refractivity (Wildman–Crippen MR) is 138 cm³/mol. The second-order valence-corrected chi connectivity index (χ2v) is 11.3. The highest BCUT2D eigenvalue weighted by Crippen LogP contribution is 2.37. The van der Waals surface area contributed by atoms with E-state index in [1.807, 2.05) is 0 Å². The quantitative estimate of drug-likeness (QED) is 0.413. The number of halogens is 4. The first-order chi connectivity index (χ1) is 18.7. The zero-order chi connectivity index (χ0) is 29.3. The highest BCUT2D eigenvalue weighted by Gasteiger charge is 2.43. The number of aliphatic carboxylic acids is 1. The Morgan fingerprint density at radius 2 is 1.75 bits per heavy atom. The summed E-state index contributed by atoms with van der Waals surface area (Å²) >= 11 is 0. The SMILES string of the molecule is CC(C)(C)OC(=O)N1CCC(CNc2ncnc(N(Cc3ccc(C(F)(F)F)cc3)C3CC3)c2F)(C(=O)O)CC1. The Balaban J connectivity index is 1.46. The van der Waals surface area contributed by atoms with Crippen molar-refractivity contribution in [2.24, 2.45) is 5.41 Å². The van der Waals surface area contributed by atoms with Crippen LogP contribution in [0.15, 0.2) is 30.6 Å². The third-order valence-corrected chi connectivity index (χ3v) is 7.09. The van der Waals surface area contributed by atoms with Gasteiger partial charge in [-0.1, -0.05) is 12.1 Å². The average molecular weight is 568 g/mol. The van der Waals surface area contributed by atoms with E-state index in [1.54, 1.807) is 25.7 Å². The number of benzene rings is 1. The number of carboxylic acid groups (broad SMARTS) is 1. The van der Waals surface area contributed by atoms with Crippen LogP contribution in [0.1, 0.15) is 57.6 Å². The predicted octanol–water partition coefficient (Wildman–Crippen LogP) is 5.32. The van der Waals surface area contributed by atoms with E-state index in [0.717, 1.165) is 25.0 Å². The standard InChI is InChI=1S/C27H33F4N5O4/c1-25(2,3)40-24(39)35-12-10-26(11-13-35,23(37)38)15-32-21-20(28)22(34-16-33-21)36(19-8-9-19)14-17-4-6-18(7-5-17)27(29,30)31/h4-7,16,19H,8-15H2,1-3H3,(H,37,38)(H,32,33,34). The number of piperidine rings is 1. The van der Waals surface area contributed by atoms with Crippen LogP contribution >= 0.6 is 0 Å². The number of hydrogen-bond acceptors (Lipinski definition) is 7. The van der Waals surface area contributed by atoms with Gasteiger partial charge in [0.2, 0.25) is 5.82 Å². The molecule has 4 rings (SSSR count). The number of nitrogens with zero attached hydrogens (tertiary/aromatic N) is 4. The van der Waals surface area contributed by atoms with E-state index in [1.165, 1.54) is 23.4 Å². The summed E-state index contributed by atoms with van der Waals surface area (Å²) in [6.45, 7) is 5.61. The molecule has 2 aromatic rings. The average Bonchev–Trinajstić information content (AvgIpc) is 3.71. The Morgan fingerprint density at radius 1 is 1.12 bits per heavy atom. The lowest BCUT2D eigenvalue weighted by Gasteiger charge is -2.39. The maximum absolute atomic E-state index is 15.6. The third-order valence-electron chi connectivity index (χ3n) is 7.09. The molecule has 1 amide bonds. The number of likely N-dealkylation sites (tertiary alicyclic amines) is 1. The number of alkyl halides is 3. The van der Waals surface area contributed by atoms with E-state index >= 15 is 4.39 Å². The van der Waals surface area contributed by atoms with Gasteiger partial charge in [-0.3, -0.25) is 4.79 Å². The van der Waals surface area contributed by atoms with E-state index in [0.29, 0.717) is 5.56 Å². The number of hydrogen-bond donors (Lipinski definition) is 2. The van der Waals surface area contributed by atoms with Gasteiger partial charge in [-0.15, -0.1) is 0 Å². The fourth-order valence-electron chi connectivity index (χ4n) is 4.61. The van der Waals surface area contributed by atoms with Gasteiger partial charge in [-0.25, -0.2) is 14.8 Å². The molecule has 1 aromatic heterocycles. The van der Waals surface area contributed by atoms with E-state index in [4.69, 9.17) is 4.74 Å². The molecule has 1 saturated heterocycles. The lowest BCUT2D eigenvalue weighted by atomic mass is 9.78. The van der Waals surface area contributed by atoms with Crippen molar-refractivity contribution in [2.45, 2.75) is 70.8 Å². The number of anilines is 2. The summed E-state index contributed by atoms with van der Waals surface area (Å²) in [6.07, 6.45) is -1.97. The molecule has 1 aliphatic carbocycles. The summed E-state index contributed by atoms with van der Waals surface area (Å²) < 4.78 is 59.8. The van der Waals surface area contributed by atoms with Crippen LogP contribution in [0.4, 0.5) is 34.0 Å². The first kappa shape index (κ1) is 29.3. The Kier molecular flexibility index (Phi) is 8.13. The number of carboxylic acids is 1. The topological polar surface area (TPSA) is 108 Å². The van der Waals surface area contributed by atoms with Gasteiger partial charge in [0.1, 0.15) is 11.9 Å². The maximum atomic E-state index is 15.6. The molecule has 218 valence electrons. The van der Waals surface area contributed by atoms with Crippen LogP contribution in [0.5, 0.6) is 0 Å². The van der Waals surface area contributed by atoms with Crippen LogP contribution in [0, 0.1) is 11.2 Å². The molecular weight excluding hydrogens is 534 g/mol. The molecule has 0 radical (unpaired) electrons. The van der Waals surface area contributed by atoms with Crippen molar-refractivity contribution in [3.05, 3.63) is 47.5 Å². The molecule has 2 heterocycles. The zero-order valence-corrected chi connectivity index (χ0v) is 22.6. The highest BCUT2D eigenvalue weighted by molar-refractivity contribution is 5.76. The highest BCUT2D eigenvalue weighted by atomic mass is 19.4. The minimum Gasteiger partial charge on any atom is -0.481 e. The minimum absolute atomic E-state index is 0.0102. The number of carbonyl (C=O) groups is 2. The summed E-state index contributed by atoms with van der Waals surface area (Å²) in [7, 11) is 0. The lowest BCUT2D eigenvalue weighted by Crippen LogP contribution is -2.50. The Bertz CT molecular complexity index is 1220. The molecule has 9 nitrogen and oxygen atoms in total. The van der Waals surface area contributed by atoms with Gasteiger partial charge < -0.3 is 25.0 Å². The van der Waals surface area contributed by atoms with Crippen LogP contribution in [-0.4, -0.2) is 63.3 Å². The summed E-state index contributed by atoms with van der Waals surface area (Å²) in [4.78, 5) is 35.9. The number of aromatic nitrogens is 2. The van der Waals surface area contributed by atoms with Crippen molar-refractivity contribution in [3.8, 4) is 0 Å². The van der Waals surface area contributed by atoms with E-state index < -0.39 is 40.6 Å². The smallest absolute Gasteiger partial charge is 0.416 e. The zero-order valence-electron chi connectivity index (χ0n) is 22.6. The van der Waals surface area contributed by atoms with Crippen molar-refractivity contribution in [2.75, 3.05) is 29.9 Å². The van der Waals surface area contributed by atoms with E-state index in [-0.39, 0.29) is 56.7 Å². The van der Waals surface area contributed by atoms with Gasteiger partial charge in [0.15, 0.2) is 11.6 Å². The first-order valence-electron chi connectivity index (χ1n) is 13.1. The molecule has 0 bridgehead atoms. The molecular formula is C27H33F4N5O4. The number of amides is 1. The van der Waals surface area contributed by atoms with Crippen LogP contribution in [0.2, 0.25) is 0 Å². The Labute approximate surface area is 229 Å². The second kappa shape index (κ2) is 11.1. The molecule has 2 N–H and O–H groups in total. The fraction of sp³-hybridized carbons (Fsp3) is 0.556. The second-order valence-electron chi connectivity index (χ2n) is 11.3. The normalized spacial score (nSPS) is 17.3. The largest absolute Gasteiger partial charge is 0.481 e. The minimum atomic E-state index is -4.45. The van der Waals surface area contributed by atoms with Crippen molar-refractivity contribution in [1.29, 1.82) is 0 Å². The van der Waals surface area contributed by atoms with E-state index in [2.05, 4.69) is 15.3 Å². The van der Waals surface area contributed by atoms with Crippen molar-refractivity contribution >= 4 is 23.7 Å². The van der Waals surface area contributed by atoms with Gasteiger partial charge in [-0.2, -0.15) is 17.6 Å². The molecule has 40 heavy (non-hydrogen) atoms. The molecule has 0 atom stereocenters. The molecule has 1 saturated carbocycles. The summed E-state index contributed by atoms with van der Waals surface area (Å²) in [5.74, 6) is -2.02. The molecule has 0 spiro atoms. The summed E-state index contributed by atoms with van der Waals surface area (Å²) in [5, 5.41) is 12.9. The van der Waals surface area contributed by atoms with Crippen LogP contribution in [0.3, 0.4) is 0 Å². The third kappa shape index (κ3) is 6.92. The van der Waals surface area contributed by atoms with Gasteiger partial charge in [-0.05, 0) is 64.2 Å². The first-order valence-corrected chi connectivity index (χ1v) is 13.1. The Hall–Kier alpha value is -3.64. The molecule has 1 aliphatic heterocycles. The van der Waals surface area contributed by atoms with Gasteiger partial charge in [0, 0.05) is 32.2 Å². The number of carbonyl (C=O) groups excluding carboxylic acids is 1. The van der Waals surface area contributed by atoms with Crippen LogP contribution in [0.25, 0.3) is 0 Å². The number of ether oxygens (including phenoxy) is 1. The molecule has 1 aromatic carbocycles. The monoisotopic (exact) mass is 567 g/mol. The van der Waals surface area contributed by atoms with Crippen molar-refractivity contribution in [1.82, 2.24) is 14.9 Å². The molecule has 2 fully saturated rings. The molecule has 13 heteroatoms. The van der Waals surface area contributed by atoms with Crippen LogP contribution < -0.4 is 10.2 Å². The van der Waals surface area contributed by atoms with Crippen molar-refractivity contribution in [3.63, 3.8) is 0 Å². The summed E-state index contributed by atoms with van der Waals surface area (Å²) in [5.41, 5.74) is -2.14. The summed E-state index contributed by atoms with van der Waals surface area (Å²) in [6, 6.07) is 4.67. The lowest BCUT2D eigenvalue weighted by molar-refractivity contribution is -0.151. The van der Waals surface area contributed by atoms with Crippen molar-refractivity contribution < 1.29 is 37.0 Å². The van der Waals surface area contributed by atoms with Gasteiger partial charge in [0.05, 0.1) is 11.0 Å². The van der Waals surface area contributed by atoms with Gasteiger partial charge in [0.25, 0.3) is 0 Å². The van der Waals surface area contributed by atoms with E-state index in [9.17, 15) is 27.9 Å². The van der Waals surface area contributed by atoms with Crippen LogP contribution in [-0.2, 0) is 22.3 Å². The fourth-order valence-corrected chi connectivity index (χ4v) is 4.61. The molecule has 0 unspecified atom stereocenters. The molecule has 2 aliphatic rings. The van der Waals surface area contributed by atoms with Gasteiger partial charge >= 0.3 is 18.2 Å². The Morgan fingerprint density at radius 3 is 2.27 bits per heavy atom.